The van der Waals surface area contributed by atoms with Crippen molar-refractivity contribution in [1.82, 2.24) is 0 Å². The lowest BCUT2D eigenvalue weighted by Crippen LogP contribution is -2.29. The number of rotatable bonds is 32. The van der Waals surface area contributed by atoms with Crippen molar-refractivity contribution in [3.63, 3.8) is 0 Å². The summed E-state index contributed by atoms with van der Waals surface area (Å²) >= 11 is 0. The van der Waals surface area contributed by atoms with E-state index in [1.165, 1.54) is 64.2 Å². The summed E-state index contributed by atoms with van der Waals surface area (Å²) in [5, 5.41) is 18.2. The van der Waals surface area contributed by atoms with Crippen LogP contribution in [-0.4, -0.2) is 65.7 Å². The molecule has 0 bridgehead atoms. The van der Waals surface area contributed by atoms with Gasteiger partial charge in [-0.2, -0.15) is 0 Å². The number of hydrogen-bond donors (Lipinski definition) is 3. The van der Waals surface area contributed by atoms with Gasteiger partial charge in [0, 0.05) is 12.8 Å². The van der Waals surface area contributed by atoms with E-state index in [2.05, 4.69) is 30.5 Å². The van der Waals surface area contributed by atoms with Gasteiger partial charge in [0.2, 0.25) is 0 Å². The molecule has 260 valence electrons. The summed E-state index contributed by atoms with van der Waals surface area (Å²) in [6.07, 6.45) is 23.4. The average Bonchev–Trinajstić information content (AvgIpc) is 3.00. The molecule has 10 nitrogen and oxygen atoms in total. The summed E-state index contributed by atoms with van der Waals surface area (Å²) in [6.45, 7) is 2.28. The molecule has 3 N–H and O–H groups in total. The van der Waals surface area contributed by atoms with Crippen molar-refractivity contribution in [1.29, 1.82) is 0 Å². The molecule has 0 aromatic heterocycles. The third-order valence-electron chi connectivity index (χ3n) is 7.17. The first-order valence-electron chi connectivity index (χ1n) is 17.1. The molecule has 0 aliphatic rings. The maximum atomic E-state index is 12.5. The minimum atomic E-state index is -4.60. The van der Waals surface area contributed by atoms with Gasteiger partial charge in [0.1, 0.15) is 12.7 Å². The first kappa shape index (κ1) is 42.7. The fourth-order valence-corrected chi connectivity index (χ4v) is 5.23. The third kappa shape index (κ3) is 29.4. The zero-order valence-corrected chi connectivity index (χ0v) is 28.5. The van der Waals surface area contributed by atoms with Crippen LogP contribution in [0.4, 0.5) is 0 Å². The SMILES string of the molecule is CCCC/C=C/CCCCCCCCCC(=O)O[C@H](COC(=O)CCCCCCCCCC)COP(=O)(O)OC[C@@H](O)CO. The number of hydrogen-bond acceptors (Lipinski definition) is 9. The molecule has 0 saturated heterocycles. The number of esters is 2. The fraction of sp³-hybridized carbons (Fsp3) is 0.879. The van der Waals surface area contributed by atoms with Gasteiger partial charge in [-0.1, -0.05) is 116 Å². The molecule has 11 heteroatoms. The van der Waals surface area contributed by atoms with Gasteiger partial charge in [0.05, 0.1) is 19.8 Å². The molecule has 1 unspecified atom stereocenters. The normalized spacial score (nSPS) is 14.4. The van der Waals surface area contributed by atoms with Crippen LogP contribution in [0.25, 0.3) is 0 Å². The number of carbonyl (C=O) groups excluding carboxylic acids is 2. The van der Waals surface area contributed by atoms with Crippen LogP contribution in [0.3, 0.4) is 0 Å². The predicted octanol–water partition coefficient (Wildman–Crippen LogP) is 7.72. The first-order chi connectivity index (χ1) is 21.2. The second-order valence-electron chi connectivity index (χ2n) is 11.5. The standard InChI is InChI=1S/C33H63O10P/c1-3-5-7-9-11-13-14-15-16-17-19-21-23-25-33(37)43-31(29-42-44(38,39)41-27-30(35)26-34)28-40-32(36)24-22-20-18-12-10-8-6-4-2/h9,11,30-31,34-35H,3-8,10,12-29H2,1-2H3,(H,38,39)/b11-9+/t30-,31+/m0/s1. The van der Waals surface area contributed by atoms with Gasteiger partial charge < -0.3 is 24.6 Å². The Morgan fingerprint density at radius 3 is 1.70 bits per heavy atom. The molecule has 0 aromatic carbocycles. The quantitative estimate of drug-likeness (QED) is 0.0286. The Labute approximate surface area is 266 Å². The van der Waals surface area contributed by atoms with Crippen LogP contribution in [0.15, 0.2) is 12.2 Å². The van der Waals surface area contributed by atoms with Crippen molar-refractivity contribution in [2.45, 2.75) is 161 Å². The Balaban J connectivity index is 4.41. The van der Waals surface area contributed by atoms with Gasteiger partial charge in [0.25, 0.3) is 0 Å². The van der Waals surface area contributed by atoms with Crippen molar-refractivity contribution < 1.29 is 47.8 Å². The number of ether oxygens (including phenoxy) is 2. The predicted molar refractivity (Wildman–Crippen MR) is 173 cm³/mol. The van der Waals surface area contributed by atoms with E-state index in [0.29, 0.717) is 12.8 Å². The lowest BCUT2D eigenvalue weighted by atomic mass is 10.1. The van der Waals surface area contributed by atoms with Gasteiger partial charge in [-0.05, 0) is 32.1 Å². The maximum absolute atomic E-state index is 12.5. The Hall–Kier alpha value is -1.29. The van der Waals surface area contributed by atoms with E-state index in [1.54, 1.807) is 0 Å². The highest BCUT2D eigenvalue weighted by atomic mass is 31.2. The van der Waals surface area contributed by atoms with Crippen LogP contribution in [0, 0.1) is 0 Å². The van der Waals surface area contributed by atoms with Crippen LogP contribution in [0.5, 0.6) is 0 Å². The third-order valence-corrected chi connectivity index (χ3v) is 8.12. The number of phosphoric ester groups is 1. The molecular weight excluding hydrogens is 587 g/mol. The Kier molecular flexibility index (Phi) is 29.5. The molecule has 0 fully saturated rings. The molecule has 0 aromatic rings. The van der Waals surface area contributed by atoms with E-state index in [1.807, 2.05) is 0 Å². The zero-order valence-electron chi connectivity index (χ0n) is 27.6. The summed E-state index contributed by atoms with van der Waals surface area (Å²) in [4.78, 5) is 34.6. The minimum absolute atomic E-state index is 0.182. The molecule has 0 saturated carbocycles. The molecule has 44 heavy (non-hydrogen) atoms. The summed E-state index contributed by atoms with van der Waals surface area (Å²) in [7, 11) is -4.60. The molecule has 0 aliphatic heterocycles. The molecule has 0 rings (SSSR count). The molecule has 3 atom stereocenters. The fourth-order valence-electron chi connectivity index (χ4n) is 4.44. The topological polar surface area (TPSA) is 149 Å². The molecule has 0 radical (unpaired) electrons. The zero-order chi connectivity index (χ0) is 32.7. The van der Waals surface area contributed by atoms with Crippen molar-refractivity contribution >= 4 is 19.8 Å². The molecular formula is C33H63O10P. The highest BCUT2D eigenvalue weighted by Crippen LogP contribution is 2.43. The van der Waals surface area contributed by atoms with Crippen molar-refractivity contribution in [3.05, 3.63) is 12.2 Å². The second kappa shape index (κ2) is 30.4. The molecule has 0 spiro atoms. The van der Waals surface area contributed by atoms with Gasteiger partial charge in [0.15, 0.2) is 6.10 Å². The number of aliphatic hydroxyl groups is 2. The number of phosphoric acid groups is 1. The Bertz CT molecular complexity index is 761. The van der Waals surface area contributed by atoms with E-state index in [0.717, 1.165) is 44.9 Å². The Morgan fingerprint density at radius 1 is 0.659 bits per heavy atom. The summed E-state index contributed by atoms with van der Waals surface area (Å²) < 4.78 is 32.4. The van der Waals surface area contributed by atoms with E-state index < -0.39 is 51.8 Å². The van der Waals surface area contributed by atoms with E-state index in [9.17, 15) is 24.2 Å². The van der Waals surface area contributed by atoms with Crippen molar-refractivity contribution in [2.75, 3.05) is 26.4 Å². The molecule has 0 heterocycles. The number of unbranched alkanes of at least 4 members (excludes halogenated alkanes) is 16. The summed E-state index contributed by atoms with van der Waals surface area (Å²) in [5.41, 5.74) is 0. The highest BCUT2D eigenvalue weighted by Gasteiger charge is 2.27. The van der Waals surface area contributed by atoms with Crippen LogP contribution >= 0.6 is 7.82 Å². The van der Waals surface area contributed by atoms with Crippen LogP contribution < -0.4 is 0 Å². The number of carbonyl (C=O) groups is 2. The first-order valence-corrected chi connectivity index (χ1v) is 18.6. The van der Waals surface area contributed by atoms with Gasteiger partial charge in [-0.25, -0.2) is 4.57 Å². The lowest BCUT2D eigenvalue weighted by Gasteiger charge is -2.20. The molecule has 0 amide bonds. The summed E-state index contributed by atoms with van der Waals surface area (Å²) in [6, 6.07) is 0. The second-order valence-corrected chi connectivity index (χ2v) is 13.0. The number of aliphatic hydroxyl groups excluding tert-OH is 2. The smallest absolute Gasteiger partial charge is 0.462 e. The average molecular weight is 651 g/mol. The summed E-state index contributed by atoms with van der Waals surface area (Å²) in [5.74, 6) is -0.934. The van der Waals surface area contributed by atoms with Gasteiger partial charge in [-0.3, -0.25) is 18.6 Å². The van der Waals surface area contributed by atoms with Gasteiger partial charge >= 0.3 is 19.8 Å². The maximum Gasteiger partial charge on any atom is 0.472 e. The Morgan fingerprint density at radius 2 is 1.14 bits per heavy atom. The van der Waals surface area contributed by atoms with E-state index in [4.69, 9.17) is 19.1 Å². The number of allylic oxidation sites excluding steroid dienone is 2. The minimum Gasteiger partial charge on any atom is -0.462 e. The van der Waals surface area contributed by atoms with Crippen LogP contribution in [0.2, 0.25) is 0 Å². The van der Waals surface area contributed by atoms with Crippen molar-refractivity contribution in [2.24, 2.45) is 0 Å². The van der Waals surface area contributed by atoms with E-state index >= 15 is 0 Å². The largest absolute Gasteiger partial charge is 0.472 e. The van der Waals surface area contributed by atoms with Gasteiger partial charge in [-0.15, -0.1) is 0 Å². The highest BCUT2D eigenvalue weighted by molar-refractivity contribution is 7.47. The monoisotopic (exact) mass is 650 g/mol. The van der Waals surface area contributed by atoms with E-state index in [-0.39, 0.29) is 19.4 Å². The lowest BCUT2D eigenvalue weighted by molar-refractivity contribution is -0.161. The van der Waals surface area contributed by atoms with Crippen LogP contribution in [-0.2, 0) is 32.7 Å². The molecule has 0 aliphatic carbocycles. The van der Waals surface area contributed by atoms with Crippen LogP contribution in [0.1, 0.15) is 149 Å². The van der Waals surface area contributed by atoms with Crippen molar-refractivity contribution in [3.8, 4) is 0 Å².